The summed E-state index contributed by atoms with van der Waals surface area (Å²) in [4.78, 5) is 25.0. The molecule has 15 heavy (non-hydrogen) atoms. The van der Waals surface area contributed by atoms with Crippen molar-refractivity contribution in [1.82, 2.24) is 15.5 Å². The molecule has 2 aliphatic heterocycles. The van der Waals surface area contributed by atoms with E-state index in [0.717, 1.165) is 32.5 Å². The fraction of sp³-hybridized carbons (Fsp3) is 0.800. The van der Waals surface area contributed by atoms with Crippen molar-refractivity contribution in [2.24, 2.45) is 5.92 Å². The van der Waals surface area contributed by atoms with E-state index < -0.39 is 0 Å². The first-order valence-corrected chi connectivity index (χ1v) is 5.44. The molecule has 2 amide bonds. The standard InChI is InChI=1S/C10H17N3O2/c1-13-4-2-3-8(10(13)15)12-9(14)7-5-11-6-7/h7-8,11H,2-6H2,1H3,(H,12,14). The van der Waals surface area contributed by atoms with Gasteiger partial charge in [-0.2, -0.15) is 0 Å². The maximum absolute atomic E-state index is 11.7. The van der Waals surface area contributed by atoms with Crippen LogP contribution >= 0.6 is 0 Å². The highest BCUT2D eigenvalue weighted by Gasteiger charge is 2.31. The molecule has 1 unspecified atom stereocenters. The Balaban J connectivity index is 1.87. The number of likely N-dealkylation sites (N-methyl/N-ethyl adjacent to an activating group) is 1. The van der Waals surface area contributed by atoms with Crippen LogP contribution in [0.4, 0.5) is 0 Å². The molecule has 0 radical (unpaired) electrons. The summed E-state index contributed by atoms with van der Waals surface area (Å²) in [7, 11) is 1.78. The first-order chi connectivity index (χ1) is 7.18. The third-order valence-corrected chi connectivity index (χ3v) is 3.13. The van der Waals surface area contributed by atoms with Gasteiger partial charge in [0, 0.05) is 26.7 Å². The molecule has 0 aromatic carbocycles. The molecule has 0 aliphatic carbocycles. The highest BCUT2D eigenvalue weighted by atomic mass is 16.2. The van der Waals surface area contributed by atoms with Crippen molar-refractivity contribution in [2.45, 2.75) is 18.9 Å². The van der Waals surface area contributed by atoms with Crippen LogP contribution < -0.4 is 10.6 Å². The van der Waals surface area contributed by atoms with E-state index in [1.54, 1.807) is 11.9 Å². The molecule has 5 nitrogen and oxygen atoms in total. The van der Waals surface area contributed by atoms with Crippen molar-refractivity contribution in [3.05, 3.63) is 0 Å². The molecule has 84 valence electrons. The van der Waals surface area contributed by atoms with E-state index in [2.05, 4.69) is 10.6 Å². The summed E-state index contributed by atoms with van der Waals surface area (Å²) in [6.07, 6.45) is 1.74. The quantitative estimate of drug-likeness (QED) is 0.612. The van der Waals surface area contributed by atoms with Gasteiger partial charge in [0.1, 0.15) is 6.04 Å². The number of nitrogens with one attached hydrogen (secondary N) is 2. The monoisotopic (exact) mass is 211 g/mol. The molecule has 2 rings (SSSR count). The SMILES string of the molecule is CN1CCCC(NC(=O)C2CNC2)C1=O. The van der Waals surface area contributed by atoms with Gasteiger partial charge < -0.3 is 15.5 Å². The van der Waals surface area contributed by atoms with Gasteiger partial charge in [-0.1, -0.05) is 0 Å². The van der Waals surface area contributed by atoms with Crippen molar-refractivity contribution in [2.75, 3.05) is 26.7 Å². The van der Waals surface area contributed by atoms with Gasteiger partial charge in [-0.15, -0.1) is 0 Å². The van der Waals surface area contributed by atoms with E-state index in [9.17, 15) is 9.59 Å². The zero-order valence-electron chi connectivity index (χ0n) is 8.95. The average molecular weight is 211 g/mol. The second-order valence-electron chi connectivity index (χ2n) is 4.32. The minimum atomic E-state index is -0.295. The summed E-state index contributed by atoms with van der Waals surface area (Å²) in [5.74, 6) is 0.120. The van der Waals surface area contributed by atoms with Gasteiger partial charge in [0.15, 0.2) is 0 Å². The Kier molecular flexibility index (Phi) is 2.90. The number of carbonyl (C=O) groups excluding carboxylic acids is 2. The van der Waals surface area contributed by atoms with Crippen molar-refractivity contribution >= 4 is 11.8 Å². The number of hydrogen-bond acceptors (Lipinski definition) is 3. The minimum Gasteiger partial charge on any atom is -0.344 e. The molecular weight excluding hydrogens is 194 g/mol. The Morgan fingerprint density at radius 1 is 1.53 bits per heavy atom. The van der Waals surface area contributed by atoms with Gasteiger partial charge in [0.05, 0.1) is 5.92 Å². The summed E-state index contributed by atoms with van der Waals surface area (Å²) >= 11 is 0. The zero-order chi connectivity index (χ0) is 10.8. The Hall–Kier alpha value is -1.10. The lowest BCUT2D eigenvalue weighted by Crippen LogP contribution is -2.57. The third kappa shape index (κ3) is 2.12. The molecule has 2 aliphatic rings. The van der Waals surface area contributed by atoms with E-state index in [1.165, 1.54) is 0 Å². The van der Waals surface area contributed by atoms with Crippen LogP contribution in [0.15, 0.2) is 0 Å². The second kappa shape index (κ2) is 4.18. The van der Waals surface area contributed by atoms with Crippen molar-refractivity contribution < 1.29 is 9.59 Å². The average Bonchev–Trinajstić information content (AvgIpc) is 2.10. The molecule has 0 aromatic heterocycles. The highest BCUT2D eigenvalue weighted by Crippen LogP contribution is 2.11. The largest absolute Gasteiger partial charge is 0.344 e. The van der Waals surface area contributed by atoms with E-state index in [4.69, 9.17) is 0 Å². The maximum Gasteiger partial charge on any atom is 0.244 e. The molecule has 2 N–H and O–H groups in total. The number of amides is 2. The molecule has 0 bridgehead atoms. The molecule has 1 atom stereocenters. The first kappa shape index (κ1) is 10.4. The van der Waals surface area contributed by atoms with E-state index in [0.29, 0.717) is 0 Å². The van der Waals surface area contributed by atoms with Crippen LogP contribution in [-0.4, -0.2) is 49.4 Å². The summed E-state index contributed by atoms with van der Waals surface area (Å²) in [6, 6.07) is -0.295. The van der Waals surface area contributed by atoms with Crippen LogP contribution in [0.3, 0.4) is 0 Å². The minimum absolute atomic E-state index is 0.0161. The fourth-order valence-electron chi connectivity index (χ4n) is 1.93. The fourth-order valence-corrected chi connectivity index (χ4v) is 1.93. The summed E-state index contributed by atoms with van der Waals surface area (Å²) < 4.78 is 0. The first-order valence-electron chi connectivity index (χ1n) is 5.44. The summed E-state index contributed by atoms with van der Waals surface area (Å²) in [6.45, 7) is 2.28. The summed E-state index contributed by atoms with van der Waals surface area (Å²) in [5.41, 5.74) is 0. The Morgan fingerprint density at radius 2 is 2.27 bits per heavy atom. The van der Waals surface area contributed by atoms with Crippen LogP contribution in [-0.2, 0) is 9.59 Å². The number of carbonyl (C=O) groups is 2. The topological polar surface area (TPSA) is 61.4 Å². The Morgan fingerprint density at radius 3 is 2.87 bits per heavy atom. The van der Waals surface area contributed by atoms with Gasteiger partial charge in [-0.3, -0.25) is 9.59 Å². The highest BCUT2D eigenvalue weighted by molar-refractivity contribution is 5.89. The Labute approximate surface area is 89.2 Å². The van der Waals surface area contributed by atoms with E-state index in [1.807, 2.05) is 0 Å². The predicted octanol–water partition coefficient (Wildman–Crippen LogP) is -1.06. The van der Waals surface area contributed by atoms with Gasteiger partial charge >= 0.3 is 0 Å². The van der Waals surface area contributed by atoms with Crippen LogP contribution in [0.2, 0.25) is 0 Å². The molecule has 2 saturated heterocycles. The lowest BCUT2D eigenvalue weighted by Gasteiger charge is -2.32. The van der Waals surface area contributed by atoms with Crippen molar-refractivity contribution in [3.8, 4) is 0 Å². The second-order valence-corrected chi connectivity index (χ2v) is 4.32. The van der Waals surface area contributed by atoms with Crippen LogP contribution in [0.5, 0.6) is 0 Å². The third-order valence-electron chi connectivity index (χ3n) is 3.13. The molecule has 0 saturated carbocycles. The van der Waals surface area contributed by atoms with Gasteiger partial charge in [-0.25, -0.2) is 0 Å². The molecule has 0 aromatic rings. The van der Waals surface area contributed by atoms with Crippen LogP contribution in [0, 0.1) is 5.92 Å². The lowest BCUT2D eigenvalue weighted by molar-refractivity contribution is -0.139. The molecular formula is C10H17N3O2. The smallest absolute Gasteiger partial charge is 0.244 e. The number of nitrogens with zero attached hydrogens (tertiary/aromatic N) is 1. The van der Waals surface area contributed by atoms with Gasteiger partial charge in [-0.05, 0) is 12.8 Å². The molecule has 2 fully saturated rings. The Bertz CT molecular complexity index is 276. The summed E-state index contributed by atoms with van der Waals surface area (Å²) in [5, 5.41) is 5.87. The lowest BCUT2D eigenvalue weighted by atomic mass is 10.00. The van der Waals surface area contributed by atoms with Crippen LogP contribution in [0.25, 0.3) is 0 Å². The zero-order valence-corrected chi connectivity index (χ0v) is 8.95. The normalized spacial score (nSPS) is 27.4. The van der Waals surface area contributed by atoms with Gasteiger partial charge in [0.25, 0.3) is 0 Å². The molecule has 2 heterocycles. The maximum atomic E-state index is 11.7. The number of likely N-dealkylation sites (tertiary alicyclic amines) is 1. The van der Waals surface area contributed by atoms with Crippen molar-refractivity contribution in [3.63, 3.8) is 0 Å². The number of rotatable bonds is 2. The van der Waals surface area contributed by atoms with Crippen LogP contribution in [0.1, 0.15) is 12.8 Å². The molecule has 0 spiro atoms. The number of hydrogen-bond donors (Lipinski definition) is 2. The van der Waals surface area contributed by atoms with Gasteiger partial charge in [0.2, 0.25) is 11.8 Å². The molecule has 5 heteroatoms. The van der Waals surface area contributed by atoms with E-state index in [-0.39, 0.29) is 23.8 Å². The van der Waals surface area contributed by atoms with E-state index >= 15 is 0 Å². The van der Waals surface area contributed by atoms with Crippen molar-refractivity contribution in [1.29, 1.82) is 0 Å². The number of piperidine rings is 1. The predicted molar refractivity (Wildman–Crippen MR) is 55.2 cm³/mol.